The van der Waals surface area contributed by atoms with Crippen LogP contribution >= 0.6 is 11.3 Å². The zero-order valence-corrected chi connectivity index (χ0v) is 18.8. The van der Waals surface area contributed by atoms with Crippen LogP contribution in [0.1, 0.15) is 35.1 Å². The summed E-state index contributed by atoms with van der Waals surface area (Å²) >= 11 is 1.65. The number of hydrogen-bond acceptors (Lipinski definition) is 6. The second-order valence-electron chi connectivity index (χ2n) is 7.84. The molecule has 0 N–H and O–H groups in total. The number of benzene rings is 2. The van der Waals surface area contributed by atoms with Crippen molar-refractivity contribution in [2.45, 2.75) is 25.0 Å². The van der Waals surface area contributed by atoms with Crippen LogP contribution in [0.4, 0.5) is 0 Å². The van der Waals surface area contributed by atoms with Crippen molar-refractivity contribution in [2.75, 3.05) is 26.4 Å². The molecular formula is C23H26N2O3S2. The lowest BCUT2D eigenvalue weighted by Gasteiger charge is -2.31. The minimum atomic E-state index is -3.18. The second-order valence-corrected chi connectivity index (χ2v) is 10.8. The molecule has 1 saturated heterocycles. The Bertz CT molecular complexity index is 1110. The molecule has 0 saturated carbocycles. The van der Waals surface area contributed by atoms with Crippen molar-refractivity contribution in [3.63, 3.8) is 0 Å². The van der Waals surface area contributed by atoms with E-state index in [0.29, 0.717) is 0 Å². The first-order chi connectivity index (χ1) is 14.4. The highest BCUT2D eigenvalue weighted by atomic mass is 32.2. The molecule has 4 rings (SSSR count). The fraction of sp³-hybridized carbons (Fsp3) is 0.348. The Balaban J connectivity index is 1.68. The summed E-state index contributed by atoms with van der Waals surface area (Å²) in [4.78, 5) is 7.18. The van der Waals surface area contributed by atoms with Gasteiger partial charge in [-0.3, -0.25) is 0 Å². The Morgan fingerprint density at radius 1 is 1.17 bits per heavy atom. The van der Waals surface area contributed by atoms with Crippen LogP contribution in [0.5, 0.6) is 0 Å². The van der Waals surface area contributed by atoms with Crippen molar-refractivity contribution in [3.05, 3.63) is 70.1 Å². The summed E-state index contributed by atoms with van der Waals surface area (Å²) < 4.78 is 30.8. The molecule has 0 spiro atoms. The molecule has 1 aliphatic heterocycles. The van der Waals surface area contributed by atoms with Gasteiger partial charge in [0.2, 0.25) is 0 Å². The van der Waals surface area contributed by atoms with E-state index in [2.05, 4.69) is 18.0 Å². The van der Waals surface area contributed by atoms with Crippen molar-refractivity contribution < 1.29 is 13.2 Å². The highest BCUT2D eigenvalue weighted by molar-refractivity contribution is 7.93. The van der Waals surface area contributed by atoms with E-state index in [1.807, 2.05) is 42.5 Å². The zero-order valence-electron chi connectivity index (χ0n) is 17.2. The predicted molar refractivity (Wildman–Crippen MR) is 123 cm³/mol. The van der Waals surface area contributed by atoms with Gasteiger partial charge in [-0.05, 0) is 55.3 Å². The molecule has 2 heterocycles. The molecule has 1 fully saturated rings. The first-order valence-corrected chi connectivity index (χ1v) is 12.8. The third kappa shape index (κ3) is 5.35. The van der Waals surface area contributed by atoms with Crippen LogP contribution in [0.3, 0.4) is 0 Å². The summed E-state index contributed by atoms with van der Waals surface area (Å²) in [5.74, 6) is 0. The third-order valence-electron chi connectivity index (χ3n) is 5.25. The van der Waals surface area contributed by atoms with E-state index in [1.54, 1.807) is 17.4 Å². The Morgan fingerprint density at radius 3 is 2.67 bits per heavy atom. The lowest BCUT2D eigenvalue weighted by molar-refractivity contribution is -0.0234. The summed E-state index contributed by atoms with van der Waals surface area (Å²) in [7, 11) is -1.04. The Kier molecular flexibility index (Phi) is 6.34. The van der Waals surface area contributed by atoms with Crippen molar-refractivity contribution in [1.82, 2.24) is 9.88 Å². The number of fused-ring (bicyclic) bond motifs is 1. The topological polar surface area (TPSA) is 59.5 Å². The van der Waals surface area contributed by atoms with E-state index >= 15 is 0 Å². The summed E-state index contributed by atoms with van der Waals surface area (Å²) in [5.41, 5.74) is 2.79. The van der Waals surface area contributed by atoms with Gasteiger partial charge in [0.05, 0.1) is 16.3 Å². The van der Waals surface area contributed by atoms with E-state index in [1.165, 1.54) is 11.7 Å². The quantitative estimate of drug-likeness (QED) is 0.562. The van der Waals surface area contributed by atoms with E-state index in [4.69, 9.17) is 9.72 Å². The lowest BCUT2D eigenvalue weighted by atomic mass is 10.0. The molecule has 0 bridgehead atoms. The van der Waals surface area contributed by atoms with Crippen LogP contribution in [0, 0.1) is 0 Å². The average molecular weight is 443 g/mol. The minimum absolute atomic E-state index is 0.174. The molecule has 5 nitrogen and oxygen atoms in total. The number of nitrogens with zero attached hydrogens (tertiary/aromatic N) is 2. The van der Waals surface area contributed by atoms with Gasteiger partial charge in [-0.1, -0.05) is 30.3 Å². The van der Waals surface area contributed by atoms with Crippen LogP contribution in [-0.2, 0) is 14.6 Å². The van der Waals surface area contributed by atoms with Crippen molar-refractivity contribution in [2.24, 2.45) is 0 Å². The number of rotatable bonds is 6. The van der Waals surface area contributed by atoms with Crippen LogP contribution in [0.25, 0.3) is 16.3 Å². The number of aromatic nitrogens is 1. The van der Waals surface area contributed by atoms with Crippen LogP contribution in [0.15, 0.2) is 53.9 Å². The Morgan fingerprint density at radius 2 is 1.93 bits per heavy atom. The van der Waals surface area contributed by atoms with Crippen LogP contribution in [0.2, 0.25) is 0 Å². The number of likely N-dealkylation sites (tertiary alicyclic amines) is 1. The van der Waals surface area contributed by atoms with Crippen molar-refractivity contribution in [1.29, 1.82) is 0 Å². The maximum absolute atomic E-state index is 11.5. The summed E-state index contributed by atoms with van der Waals surface area (Å²) in [5, 5.41) is 2.16. The van der Waals surface area contributed by atoms with Gasteiger partial charge in [-0.15, -0.1) is 11.3 Å². The minimum Gasteiger partial charge on any atom is -0.363 e. The number of ether oxygens (including phenoxy) is 1. The Labute approximate surface area is 181 Å². The maximum Gasteiger partial charge on any atom is 0.168 e. The first-order valence-electron chi connectivity index (χ1n) is 10.0. The van der Waals surface area contributed by atoms with Crippen molar-refractivity contribution >= 4 is 37.5 Å². The zero-order chi connectivity index (χ0) is 21.1. The highest BCUT2D eigenvalue weighted by Crippen LogP contribution is 2.35. The van der Waals surface area contributed by atoms with E-state index in [-0.39, 0.29) is 12.2 Å². The van der Waals surface area contributed by atoms with Gasteiger partial charge in [-0.2, -0.15) is 0 Å². The monoisotopic (exact) mass is 442 g/mol. The Hall–Kier alpha value is -2.06. The largest absolute Gasteiger partial charge is 0.363 e. The molecule has 0 aliphatic carbocycles. The number of hydrogen-bond donors (Lipinski definition) is 0. The SMILES string of the molecule is CN1CCC(OC(c2cccc(/C=C/S(C)(=O)=O)c2)c2nc3ccccc3s2)CC1. The van der Waals surface area contributed by atoms with Crippen molar-refractivity contribution in [3.8, 4) is 0 Å². The second kappa shape index (κ2) is 8.98. The van der Waals surface area contributed by atoms with Gasteiger partial charge in [0, 0.05) is 24.8 Å². The summed E-state index contributed by atoms with van der Waals surface area (Å²) in [6.07, 6.45) is 4.71. The molecule has 1 atom stereocenters. The molecule has 1 aromatic heterocycles. The fourth-order valence-electron chi connectivity index (χ4n) is 3.62. The maximum atomic E-state index is 11.5. The van der Waals surface area contributed by atoms with Gasteiger partial charge in [0.15, 0.2) is 9.84 Å². The smallest absolute Gasteiger partial charge is 0.168 e. The van der Waals surface area contributed by atoms with Gasteiger partial charge in [0.25, 0.3) is 0 Å². The highest BCUT2D eigenvalue weighted by Gasteiger charge is 2.26. The molecule has 3 aromatic rings. The molecule has 1 aliphatic rings. The predicted octanol–water partition coefficient (Wildman–Crippen LogP) is 4.51. The van der Waals surface area contributed by atoms with Gasteiger partial charge in [0.1, 0.15) is 11.1 Å². The number of piperidine rings is 1. The lowest BCUT2D eigenvalue weighted by Crippen LogP contribution is -2.35. The van der Waals surface area contributed by atoms with Gasteiger partial charge < -0.3 is 9.64 Å². The average Bonchev–Trinajstić information content (AvgIpc) is 3.15. The first kappa shape index (κ1) is 21.2. The number of para-hydroxylation sites is 1. The summed E-state index contributed by atoms with van der Waals surface area (Å²) in [6, 6.07) is 16.0. The molecule has 158 valence electrons. The molecule has 1 unspecified atom stereocenters. The fourth-order valence-corrected chi connectivity index (χ4v) is 5.06. The number of thiazole rings is 1. The normalized spacial score (nSPS) is 17.7. The summed E-state index contributed by atoms with van der Waals surface area (Å²) in [6.45, 7) is 2.04. The van der Waals surface area contributed by atoms with Gasteiger partial charge >= 0.3 is 0 Å². The van der Waals surface area contributed by atoms with Gasteiger partial charge in [-0.25, -0.2) is 13.4 Å². The van der Waals surface area contributed by atoms with Crippen LogP contribution in [-0.4, -0.2) is 50.8 Å². The molecule has 7 heteroatoms. The molecule has 0 amide bonds. The van der Waals surface area contributed by atoms with E-state index < -0.39 is 9.84 Å². The molecular weight excluding hydrogens is 416 g/mol. The third-order valence-corrected chi connectivity index (χ3v) is 6.96. The van der Waals surface area contributed by atoms with E-state index in [9.17, 15) is 8.42 Å². The molecule has 0 radical (unpaired) electrons. The number of sulfone groups is 1. The van der Waals surface area contributed by atoms with Crippen LogP contribution < -0.4 is 0 Å². The molecule has 2 aromatic carbocycles. The molecule has 30 heavy (non-hydrogen) atoms. The standard InChI is InChI=1S/C23H26N2O3S2/c1-25-13-10-19(11-14-25)28-22(23-24-20-8-3-4-9-21(20)29-23)18-7-5-6-17(16-18)12-15-30(2,26)27/h3-9,12,15-16,19,22H,10-11,13-14H2,1-2H3/b15-12+. The van der Waals surface area contributed by atoms with E-state index in [0.717, 1.165) is 52.3 Å².